The molecule has 0 bridgehead atoms. The fourth-order valence-electron chi connectivity index (χ4n) is 1.49. The van der Waals surface area contributed by atoms with Gasteiger partial charge in [-0.25, -0.2) is 4.39 Å². The Hall–Kier alpha value is -1.05. The van der Waals surface area contributed by atoms with Crippen molar-refractivity contribution in [3.63, 3.8) is 0 Å². The molecule has 0 atom stereocenters. The van der Waals surface area contributed by atoms with Gasteiger partial charge in [-0.3, -0.25) is 0 Å². The van der Waals surface area contributed by atoms with Gasteiger partial charge in [0, 0.05) is 12.7 Å². The normalized spacial score (nSPS) is 16.2. The smallest absolute Gasteiger partial charge is 0.123 e. The summed E-state index contributed by atoms with van der Waals surface area (Å²) in [5.74, 6) is 0.471. The second kappa shape index (κ2) is 2.77. The van der Waals surface area contributed by atoms with Crippen molar-refractivity contribution < 1.29 is 4.39 Å². The largest absolute Gasteiger partial charge is 0.388 e. The molecule has 1 N–H and O–H groups in total. The van der Waals surface area contributed by atoms with Crippen LogP contribution in [0.15, 0.2) is 18.2 Å². The SMILES string of the molecule is CNc1ccc(F)cc1C1CC1. The maximum absolute atomic E-state index is 12.8. The van der Waals surface area contributed by atoms with Crippen LogP contribution in [0.25, 0.3) is 0 Å². The molecular formula is C10H12FN. The Kier molecular flexibility index (Phi) is 1.75. The zero-order valence-electron chi connectivity index (χ0n) is 7.10. The van der Waals surface area contributed by atoms with E-state index in [9.17, 15) is 4.39 Å². The molecule has 1 fully saturated rings. The van der Waals surface area contributed by atoms with Crippen LogP contribution in [0, 0.1) is 5.82 Å². The first-order chi connectivity index (χ1) is 5.81. The molecule has 0 aromatic heterocycles. The molecule has 1 aromatic carbocycles. The molecule has 0 radical (unpaired) electrons. The fraction of sp³-hybridized carbons (Fsp3) is 0.400. The molecule has 12 heavy (non-hydrogen) atoms. The van der Waals surface area contributed by atoms with Crippen LogP contribution in [0.1, 0.15) is 24.3 Å². The number of anilines is 1. The van der Waals surface area contributed by atoms with E-state index in [2.05, 4.69) is 5.32 Å². The monoisotopic (exact) mass is 165 g/mol. The zero-order valence-corrected chi connectivity index (χ0v) is 7.10. The highest BCUT2D eigenvalue weighted by Gasteiger charge is 2.26. The van der Waals surface area contributed by atoms with E-state index in [1.54, 1.807) is 6.07 Å². The summed E-state index contributed by atoms with van der Waals surface area (Å²) in [6.45, 7) is 0. The van der Waals surface area contributed by atoms with Crippen molar-refractivity contribution in [1.29, 1.82) is 0 Å². The first-order valence-electron chi connectivity index (χ1n) is 4.28. The fourth-order valence-corrected chi connectivity index (χ4v) is 1.49. The summed E-state index contributed by atoms with van der Waals surface area (Å²) >= 11 is 0. The number of rotatable bonds is 2. The van der Waals surface area contributed by atoms with E-state index >= 15 is 0 Å². The summed E-state index contributed by atoms with van der Waals surface area (Å²) in [5.41, 5.74) is 2.21. The molecule has 2 rings (SSSR count). The highest BCUT2D eigenvalue weighted by Crippen LogP contribution is 2.43. The Morgan fingerprint density at radius 3 is 2.75 bits per heavy atom. The lowest BCUT2D eigenvalue weighted by Crippen LogP contribution is -1.94. The van der Waals surface area contributed by atoms with Gasteiger partial charge >= 0.3 is 0 Å². The second-order valence-electron chi connectivity index (χ2n) is 3.26. The topological polar surface area (TPSA) is 12.0 Å². The Morgan fingerprint density at radius 1 is 1.42 bits per heavy atom. The average molecular weight is 165 g/mol. The van der Waals surface area contributed by atoms with Crippen LogP contribution in [-0.2, 0) is 0 Å². The van der Waals surface area contributed by atoms with Crippen molar-refractivity contribution in [2.45, 2.75) is 18.8 Å². The van der Waals surface area contributed by atoms with E-state index in [1.165, 1.54) is 18.9 Å². The number of benzene rings is 1. The second-order valence-corrected chi connectivity index (χ2v) is 3.26. The molecular weight excluding hydrogens is 153 g/mol. The molecule has 1 saturated carbocycles. The van der Waals surface area contributed by atoms with Gasteiger partial charge < -0.3 is 5.32 Å². The number of hydrogen-bond acceptors (Lipinski definition) is 1. The van der Waals surface area contributed by atoms with Gasteiger partial charge in [0.05, 0.1) is 0 Å². The third-order valence-electron chi connectivity index (χ3n) is 2.30. The molecule has 0 spiro atoms. The first-order valence-corrected chi connectivity index (χ1v) is 4.28. The number of halogens is 1. The molecule has 0 amide bonds. The van der Waals surface area contributed by atoms with Crippen molar-refractivity contribution in [2.24, 2.45) is 0 Å². The highest BCUT2D eigenvalue weighted by atomic mass is 19.1. The third-order valence-corrected chi connectivity index (χ3v) is 2.30. The van der Waals surface area contributed by atoms with E-state index in [-0.39, 0.29) is 5.82 Å². The molecule has 0 aliphatic heterocycles. The molecule has 64 valence electrons. The van der Waals surface area contributed by atoms with Crippen molar-refractivity contribution in [3.05, 3.63) is 29.6 Å². The van der Waals surface area contributed by atoms with Gasteiger partial charge in [-0.05, 0) is 42.5 Å². The maximum Gasteiger partial charge on any atom is 0.123 e. The van der Waals surface area contributed by atoms with Crippen LogP contribution in [0.2, 0.25) is 0 Å². The van der Waals surface area contributed by atoms with Crippen LogP contribution >= 0.6 is 0 Å². The highest BCUT2D eigenvalue weighted by molar-refractivity contribution is 5.53. The Labute approximate surface area is 71.6 Å². The van der Waals surface area contributed by atoms with E-state index in [1.807, 2.05) is 13.1 Å². The van der Waals surface area contributed by atoms with Crippen LogP contribution in [0.3, 0.4) is 0 Å². The van der Waals surface area contributed by atoms with Crippen LogP contribution in [-0.4, -0.2) is 7.05 Å². The molecule has 1 aliphatic rings. The minimum atomic E-state index is -0.129. The van der Waals surface area contributed by atoms with E-state index in [0.717, 1.165) is 11.3 Å². The standard InChI is InChI=1S/C10H12FN/c1-12-10-5-4-8(11)6-9(10)7-2-3-7/h4-7,12H,2-3H2,1H3. The van der Waals surface area contributed by atoms with Gasteiger partial charge in [0.15, 0.2) is 0 Å². The average Bonchev–Trinajstić information content (AvgIpc) is 2.87. The molecule has 1 aromatic rings. The summed E-state index contributed by atoms with van der Waals surface area (Å²) in [7, 11) is 1.87. The van der Waals surface area contributed by atoms with Gasteiger partial charge in [-0.15, -0.1) is 0 Å². The summed E-state index contributed by atoms with van der Waals surface area (Å²) < 4.78 is 12.8. The van der Waals surface area contributed by atoms with Crippen molar-refractivity contribution >= 4 is 5.69 Å². The minimum Gasteiger partial charge on any atom is -0.388 e. The lowest BCUT2D eigenvalue weighted by Gasteiger charge is -2.07. The van der Waals surface area contributed by atoms with Crippen molar-refractivity contribution in [1.82, 2.24) is 0 Å². The van der Waals surface area contributed by atoms with Gasteiger partial charge in [0.2, 0.25) is 0 Å². The quantitative estimate of drug-likeness (QED) is 0.710. The maximum atomic E-state index is 12.8. The lowest BCUT2D eigenvalue weighted by molar-refractivity contribution is 0.626. The summed E-state index contributed by atoms with van der Waals surface area (Å²) in [5, 5.41) is 3.08. The molecule has 2 heteroatoms. The first kappa shape index (κ1) is 7.59. The molecule has 1 aliphatic carbocycles. The lowest BCUT2D eigenvalue weighted by atomic mass is 10.1. The number of nitrogens with one attached hydrogen (secondary N) is 1. The van der Waals surface area contributed by atoms with E-state index < -0.39 is 0 Å². The van der Waals surface area contributed by atoms with Gasteiger partial charge in [0.25, 0.3) is 0 Å². The Morgan fingerprint density at radius 2 is 2.17 bits per heavy atom. The summed E-state index contributed by atoms with van der Waals surface area (Å²) in [6.07, 6.45) is 2.41. The van der Waals surface area contributed by atoms with Gasteiger partial charge in [0.1, 0.15) is 5.82 Å². The molecule has 0 saturated heterocycles. The molecule has 1 nitrogen and oxygen atoms in total. The van der Waals surface area contributed by atoms with E-state index in [4.69, 9.17) is 0 Å². The molecule has 0 heterocycles. The third kappa shape index (κ3) is 1.29. The Balaban J connectivity index is 2.39. The Bertz CT molecular complexity index is 292. The minimum absolute atomic E-state index is 0.129. The van der Waals surface area contributed by atoms with Crippen LogP contribution < -0.4 is 5.32 Å². The number of hydrogen-bond donors (Lipinski definition) is 1. The predicted octanol–water partition coefficient (Wildman–Crippen LogP) is 2.74. The summed E-state index contributed by atoms with van der Waals surface area (Å²) in [6, 6.07) is 4.95. The van der Waals surface area contributed by atoms with Gasteiger partial charge in [-0.2, -0.15) is 0 Å². The van der Waals surface area contributed by atoms with Gasteiger partial charge in [-0.1, -0.05) is 0 Å². The zero-order chi connectivity index (χ0) is 8.55. The molecule has 0 unspecified atom stereocenters. The predicted molar refractivity (Wildman–Crippen MR) is 47.9 cm³/mol. The van der Waals surface area contributed by atoms with Crippen LogP contribution in [0.4, 0.5) is 10.1 Å². The van der Waals surface area contributed by atoms with Crippen molar-refractivity contribution in [3.8, 4) is 0 Å². The summed E-state index contributed by atoms with van der Waals surface area (Å²) in [4.78, 5) is 0. The van der Waals surface area contributed by atoms with Crippen molar-refractivity contribution in [2.75, 3.05) is 12.4 Å². The van der Waals surface area contributed by atoms with Crippen LogP contribution in [0.5, 0.6) is 0 Å². The van der Waals surface area contributed by atoms with E-state index in [0.29, 0.717) is 5.92 Å².